The Morgan fingerprint density at radius 1 is 1.26 bits per heavy atom. The smallest absolute Gasteiger partial charge is 0.257 e. The lowest BCUT2D eigenvalue weighted by atomic mass is 9.85. The minimum absolute atomic E-state index is 0.210. The number of benzene rings is 1. The lowest BCUT2D eigenvalue weighted by Crippen LogP contribution is -2.60. The summed E-state index contributed by atoms with van der Waals surface area (Å²) in [4.78, 5) is 50.1. The lowest BCUT2D eigenvalue weighted by Gasteiger charge is -2.36. The third-order valence-corrected chi connectivity index (χ3v) is 6.23. The molecule has 1 fully saturated rings. The minimum Gasteiger partial charge on any atom is -0.494 e. The Kier molecular flexibility index (Phi) is 7.91. The van der Waals surface area contributed by atoms with Gasteiger partial charge in [-0.2, -0.15) is 0 Å². The van der Waals surface area contributed by atoms with Crippen molar-refractivity contribution in [3.63, 3.8) is 0 Å². The summed E-state index contributed by atoms with van der Waals surface area (Å²) in [6, 6.07) is 1.13. The van der Waals surface area contributed by atoms with Crippen LogP contribution < -0.4 is 31.3 Å². The molecule has 0 saturated carbocycles. The van der Waals surface area contributed by atoms with E-state index in [2.05, 4.69) is 25.9 Å². The fraction of sp³-hybridized carbons (Fsp3) is 0.542. The number of amides is 3. The van der Waals surface area contributed by atoms with Crippen LogP contribution in [0.2, 0.25) is 0 Å². The molecule has 1 aromatic heterocycles. The number of nitrogens with two attached hydrogens (primary N) is 1. The Hall–Kier alpha value is -3.31. The summed E-state index contributed by atoms with van der Waals surface area (Å²) >= 11 is 0. The molecule has 2 aromatic rings. The van der Waals surface area contributed by atoms with E-state index in [4.69, 9.17) is 10.5 Å². The maximum Gasteiger partial charge on any atom is 0.257 e. The van der Waals surface area contributed by atoms with Crippen molar-refractivity contribution in [2.45, 2.75) is 58.7 Å². The van der Waals surface area contributed by atoms with Gasteiger partial charge in [-0.15, -0.1) is 0 Å². The number of imide groups is 1. The van der Waals surface area contributed by atoms with E-state index in [9.17, 15) is 14.4 Å². The number of ether oxygens (including phenoxy) is 1. The maximum absolute atomic E-state index is 14.1. The van der Waals surface area contributed by atoms with Gasteiger partial charge >= 0.3 is 0 Å². The normalized spacial score (nSPS) is 17.6. The summed E-state index contributed by atoms with van der Waals surface area (Å²) in [5.41, 5.74) is 6.11. The molecule has 11 heteroatoms. The number of aromatic nitrogens is 2. The Bertz CT molecular complexity index is 1110. The van der Waals surface area contributed by atoms with Crippen LogP contribution in [0.25, 0.3) is 10.9 Å². The van der Waals surface area contributed by atoms with Gasteiger partial charge in [0.1, 0.15) is 23.9 Å². The molecular weight excluding hydrogens is 450 g/mol. The van der Waals surface area contributed by atoms with Crippen molar-refractivity contribution >= 4 is 40.1 Å². The Morgan fingerprint density at radius 3 is 2.54 bits per heavy atom. The van der Waals surface area contributed by atoms with E-state index in [1.165, 1.54) is 13.4 Å². The fourth-order valence-corrected chi connectivity index (χ4v) is 4.00. The Balaban J connectivity index is 2.17. The fourth-order valence-electron chi connectivity index (χ4n) is 4.00. The van der Waals surface area contributed by atoms with Crippen LogP contribution in [0, 0.1) is 5.41 Å². The molecule has 0 radical (unpaired) electrons. The number of likely N-dealkylation sites (N-methyl/N-ethyl adjacent to an activating group) is 1. The quantitative estimate of drug-likeness (QED) is 0.449. The van der Waals surface area contributed by atoms with E-state index in [0.717, 1.165) is 11.3 Å². The molecule has 3 rings (SSSR count). The van der Waals surface area contributed by atoms with Crippen molar-refractivity contribution in [1.29, 1.82) is 0 Å². The average molecular weight is 486 g/mol. The second-order valence-corrected chi connectivity index (χ2v) is 9.78. The van der Waals surface area contributed by atoms with Gasteiger partial charge in [-0.25, -0.2) is 14.9 Å². The molecular formula is C24H35N7O4. The van der Waals surface area contributed by atoms with Gasteiger partial charge in [-0.3, -0.25) is 14.4 Å². The molecule has 3 atom stereocenters. The third kappa shape index (κ3) is 5.51. The molecule has 35 heavy (non-hydrogen) atoms. The monoisotopic (exact) mass is 485 g/mol. The van der Waals surface area contributed by atoms with Crippen LogP contribution in [0.1, 0.15) is 40.5 Å². The van der Waals surface area contributed by atoms with Gasteiger partial charge in [0.15, 0.2) is 0 Å². The summed E-state index contributed by atoms with van der Waals surface area (Å²) in [6.45, 7) is 7.87. The van der Waals surface area contributed by atoms with Crippen molar-refractivity contribution in [3.8, 4) is 5.75 Å². The summed E-state index contributed by atoms with van der Waals surface area (Å²) < 4.78 is 5.57. The van der Waals surface area contributed by atoms with Crippen LogP contribution in [0.5, 0.6) is 5.75 Å². The number of rotatable bonds is 7. The highest BCUT2D eigenvalue weighted by molar-refractivity contribution is 6.20. The van der Waals surface area contributed by atoms with Crippen LogP contribution in [0.15, 0.2) is 18.5 Å². The van der Waals surface area contributed by atoms with Gasteiger partial charge < -0.3 is 26.4 Å². The van der Waals surface area contributed by atoms with Crippen LogP contribution >= 0.6 is 0 Å². The van der Waals surface area contributed by atoms with Crippen LogP contribution in [-0.2, 0) is 14.4 Å². The van der Waals surface area contributed by atoms with E-state index in [-0.39, 0.29) is 23.2 Å². The zero-order chi connectivity index (χ0) is 25.9. The molecule has 0 aliphatic carbocycles. The molecule has 0 unspecified atom stereocenters. The molecule has 5 N–H and O–H groups in total. The zero-order valence-corrected chi connectivity index (χ0v) is 21.1. The highest BCUT2D eigenvalue weighted by Crippen LogP contribution is 2.36. The highest BCUT2D eigenvalue weighted by atomic mass is 16.5. The average Bonchev–Trinajstić information content (AvgIpc) is 3.36. The van der Waals surface area contributed by atoms with E-state index in [1.807, 2.05) is 20.8 Å². The SMILES string of the molecule is CN[C@@H](C)C(=O)N[C@H](C(=O)N(C(=O)[C@@H]1CCCN1)c1cc2c(N)ncnc2cc1OC)C(C)(C)C. The molecule has 3 amide bonds. The van der Waals surface area contributed by atoms with Gasteiger partial charge in [-0.05, 0) is 44.8 Å². The molecule has 1 saturated heterocycles. The Labute approximate surface area is 205 Å². The molecule has 0 spiro atoms. The van der Waals surface area contributed by atoms with Crippen LogP contribution in [0.4, 0.5) is 11.5 Å². The van der Waals surface area contributed by atoms with E-state index >= 15 is 0 Å². The second kappa shape index (κ2) is 10.5. The predicted molar refractivity (Wildman–Crippen MR) is 134 cm³/mol. The molecule has 1 aliphatic heterocycles. The maximum atomic E-state index is 14.1. The van der Waals surface area contributed by atoms with Gasteiger partial charge in [0.2, 0.25) is 5.91 Å². The van der Waals surface area contributed by atoms with Gasteiger partial charge in [0.25, 0.3) is 11.8 Å². The van der Waals surface area contributed by atoms with Gasteiger partial charge in [0.05, 0.1) is 30.4 Å². The summed E-state index contributed by atoms with van der Waals surface area (Å²) in [5, 5.41) is 9.35. The molecule has 11 nitrogen and oxygen atoms in total. The standard InChI is InChI=1S/C24H35N7O4/c1-13(26-5)21(32)30-19(24(2,3)4)23(34)31(22(33)15-8-7-9-27-15)17-10-14-16(11-18(17)35-6)28-12-29-20(14)25/h10-13,15,19,26-27H,7-9H2,1-6H3,(H,30,32)(H2,25,28,29)/t13-,15-,19+/m0/s1. The van der Waals surface area contributed by atoms with Gasteiger partial charge in [-0.1, -0.05) is 20.8 Å². The molecule has 2 heterocycles. The molecule has 1 aromatic carbocycles. The number of carbonyl (C=O) groups excluding carboxylic acids is 3. The van der Waals surface area contributed by atoms with Crippen LogP contribution in [0.3, 0.4) is 0 Å². The molecule has 190 valence electrons. The number of hydrogen-bond donors (Lipinski definition) is 4. The van der Waals surface area contributed by atoms with E-state index < -0.39 is 35.4 Å². The summed E-state index contributed by atoms with van der Waals surface area (Å²) in [5.74, 6) is -0.860. The topological polar surface area (TPSA) is 152 Å². The number of anilines is 2. The number of carbonyl (C=O) groups is 3. The second-order valence-electron chi connectivity index (χ2n) is 9.78. The first kappa shape index (κ1) is 26.3. The van der Waals surface area contributed by atoms with Gasteiger partial charge in [0, 0.05) is 11.5 Å². The van der Waals surface area contributed by atoms with E-state index in [1.54, 1.807) is 26.1 Å². The number of hydrogen-bond acceptors (Lipinski definition) is 9. The Morgan fingerprint density at radius 2 is 1.97 bits per heavy atom. The van der Waals surface area contributed by atoms with Crippen molar-refractivity contribution in [2.24, 2.45) is 5.41 Å². The van der Waals surface area contributed by atoms with Crippen molar-refractivity contribution < 1.29 is 19.1 Å². The lowest BCUT2D eigenvalue weighted by molar-refractivity contribution is -0.134. The van der Waals surface area contributed by atoms with Crippen LogP contribution in [-0.4, -0.2) is 66.5 Å². The molecule has 1 aliphatic rings. The number of nitrogens with one attached hydrogen (secondary N) is 3. The number of methoxy groups -OCH3 is 1. The van der Waals surface area contributed by atoms with Crippen molar-refractivity contribution in [1.82, 2.24) is 25.9 Å². The first-order valence-electron chi connectivity index (χ1n) is 11.7. The minimum atomic E-state index is -0.999. The van der Waals surface area contributed by atoms with Crippen molar-refractivity contribution in [2.75, 3.05) is 31.3 Å². The van der Waals surface area contributed by atoms with E-state index in [0.29, 0.717) is 23.9 Å². The third-order valence-electron chi connectivity index (χ3n) is 6.23. The molecule has 0 bridgehead atoms. The first-order valence-corrected chi connectivity index (χ1v) is 11.7. The summed E-state index contributed by atoms with van der Waals surface area (Å²) in [6.07, 6.45) is 2.74. The first-order chi connectivity index (χ1) is 16.5. The highest BCUT2D eigenvalue weighted by Gasteiger charge is 2.42. The van der Waals surface area contributed by atoms with Crippen molar-refractivity contribution in [3.05, 3.63) is 18.5 Å². The number of nitrogens with zero attached hydrogens (tertiary/aromatic N) is 3. The summed E-state index contributed by atoms with van der Waals surface area (Å²) in [7, 11) is 3.11. The largest absolute Gasteiger partial charge is 0.494 e. The predicted octanol–water partition coefficient (Wildman–Crippen LogP) is 0.971. The number of fused-ring (bicyclic) bond motifs is 1. The number of nitrogen functional groups attached to an aromatic ring is 1. The zero-order valence-electron chi connectivity index (χ0n) is 21.1.